The highest BCUT2D eigenvalue weighted by Gasteiger charge is 2.25. The van der Waals surface area contributed by atoms with Gasteiger partial charge in [0.1, 0.15) is 12.4 Å². The van der Waals surface area contributed by atoms with Crippen LogP contribution in [0.5, 0.6) is 5.75 Å². The number of carbonyl (C=O) groups is 1. The number of ether oxygens (including phenoxy) is 1. The zero-order chi connectivity index (χ0) is 16.7. The minimum Gasteiger partial charge on any atom is -0.491 e. The van der Waals surface area contributed by atoms with Crippen LogP contribution >= 0.6 is 0 Å². The molecule has 1 atom stereocenters. The quantitative estimate of drug-likeness (QED) is 0.782. The summed E-state index contributed by atoms with van der Waals surface area (Å²) in [5, 5.41) is 11.6. The van der Waals surface area contributed by atoms with Gasteiger partial charge in [0.2, 0.25) is 5.91 Å². The van der Waals surface area contributed by atoms with Gasteiger partial charge in [0.05, 0.1) is 12.5 Å². The average molecular weight is 321 g/mol. The van der Waals surface area contributed by atoms with E-state index in [0.29, 0.717) is 6.61 Å². The molecule has 1 amide bonds. The Kier molecular flexibility index (Phi) is 6.83. The van der Waals surface area contributed by atoms with E-state index in [2.05, 4.69) is 28.2 Å². The molecule has 0 radical (unpaired) electrons. The van der Waals surface area contributed by atoms with E-state index in [1.165, 1.54) is 0 Å². The Hall–Kier alpha value is -1.63. The van der Waals surface area contributed by atoms with Crippen molar-refractivity contribution in [1.29, 1.82) is 0 Å². The summed E-state index contributed by atoms with van der Waals surface area (Å²) in [6.45, 7) is 4.53. The van der Waals surface area contributed by atoms with Crippen LogP contribution in [0.2, 0.25) is 0 Å². The summed E-state index contributed by atoms with van der Waals surface area (Å²) in [6, 6.07) is 7.92. The topological polar surface area (TPSA) is 65.0 Å². The van der Waals surface area contributed by atoms with E-state index in [4.69, 9.17) is 9.84 Å². The number of nitrogens with one attached hydrogen (secondary N) is 1. The molecule has 0 bridgehead atoms. The molecule has 2 rings (SSSR count). The molecule has 23 heavy (non-hydrogen) atoms. The molecule has 0 aliphatic carbocycles. The number of hydrogen-bond acceptors (Lipinski definition) is 5. The second-order valence-corrected chi connectivity index (χ2v) is 6.03. The number of nitrogens with zero attached hydrogens (tertiary/aromatic N) is 2. The van der Waals surface area contributed by atoms with E-state index >= 15 is 0 Å². The van der Waals surface area contributed by atoms with Crippen LogP contribution in [-0.2, 0) is 11.3 Å². The maximum atomic E-state index is 12.0. The van der Waals surface area contributed by atoms with E-state index in [9.17, 15) is 4.79 Å². The number of aliphatic hydroxyl groups is 1. The molecule has 1 fully saturated rings. The molecule has 1 heterocycles. The number of likely N-dealkylation sites (N-methyl/N-ethyl adjacent to an activating group) is 1. The highest BCUT2D eigenvalue weighted by molar-refractivity contribution is 5.78. The van der Waals surface area contributed by atoms with Crippen LogP contribution in [0, 0.1) is 5.92 Å². The van der Waals surface area contributed by atoms with Crippen molar-refractivity contribution in [2.75, 3.05) is 53.5 Å². The molecule has 6 heteroatoms. The Bertz CT molecular complexity index is 510. The van der Waals surface area contributed by atoms with Crippen molar-refractivity contribution in [2.45, 2.75) is 6.54 Å². The van der Waals surface area contributed by atoms with Gasteiger partial charge in [-0.3, -0.25) is 9.69 Å². The Morgan fingerprint density at radius 3 is 2.96 bits per heavy atom. The minimum atomic E-state index is -0.0127. The molecule has 0 spiro atoms. The number of hydrogen-bond donors (Lipinski definition) is 2. The zero-order valence-electron chi connectivity index (χ0n) is 14.0. The van der Waals surface area contributed by atoms with Crippen LogP contribution in [0.25, 0.3) is 0 Å². The number of benzene rings is 1. The third kappa shape index (κ3) is 5.49. The molecular formula is C17H27N3O3. The molecule has 1 saturated heterocycles. The van der Waals surface area contributed by atoms with Gasteiger partial charge in [-0.2, -0.15) is 0 Å². The average Bonchev–Trinajstić information content (AvgIpc) is 2.74. The molecule has 0 saturated carbocycles. The Morgan fingerprint density at radius 1 is 1.39 bits per heavy atom. The Labute approximate surface area is 138 Å². The van der Waals surface area contributed by atoms with Crippen molar-refractivity contribution in [3.8, 4) is 5.75 Å². The van der Waals surface area contributed by atoms with Crippen molar-refractivity contribution in [3.05, 3.63) is 29.8 Å². The maximum absolute atomic E-state index is 12.0. The molecule has 2 N–H and O–H groups in total. The van der Waals surface area contributed by atoms with Crippen molar-refractivity contribution in [3.63, 3.8) is 0 Å². The predicted octanol–water partition coefficient (Wildman–Crippen LogP) is 0.167. The van der Waals surface area contributed by atoms with Gasteiger partial charge >= 0.3 is 0 Å². The molecule has 1 aliphatic heterocycles. The van der Waals surface area contributed by atoms with Crippen molar-refractivity contribution >= 4 is 5.91 Å². The van der Waals surface area contributed by atoms with E-state index in [0.717, 1.165) is 44.0 Å². The first kappa shape index (κ1) is 17.7. The predicted molar refractivity (Wildman–Crippen MR) is 89.4 cm³/mol. The fourth-order valence-electron chi connectivity index (χ4n) is 2.91. The number of aliphatic hydroxyl groups excluding tert-OH is 1. The summed E-state index contributed by atoms with van der Waals surface area (Å²) in [6.07, 6.45) is 0. The van der Waals surface area contributed by atoms with Gasteiger partial charge in [-0.15, -0.1) is 0 Å². The van der Waals surface area contributed by atoms with Crippen molar-refractivity contribution in [2.24, 2.45) is 5.92 Å². The van der Waals surface area contributed by atoms with Crippen LogP contribution < -0.4 is 10.1 Å². The highest BCUT2D eigenvalue weighted by atomic mass is 16.5. The van der Waals surface area contributed by atoms with Gasteiger partial charge in [0.15, 0.2) is 0 Å². The summed E-state index contributed by atoms with van der Waals surface area (Å²) in [5.74, 6) is 0.858. The lowest BCUT2D eigenvalue weighted by Gasteiger charge is -2.23. The minimum absolute atomic E-state index is 0.0104. The number of amides is 1. The second-order valence-electron chi connectivity index (χ2n) is 6.03. The van der Waals surface area contributed by atoms with Gasteiger partial charge in [0.25, 0.3) is 0 Å². The van der Waals surface area contributed by atoms with Crippen molar-refractivity contribution < 1.29 is 14.6 Å². The summed E-state index contributed by atoms with van der Waals surface area (Å²) in [7, 11) is 3.75. The van der Waals surface area contributed by atoms with Gasteiger partial charge in [-0.25, -0.2) is 0 Å². The second kappa shape index (κ2) is 8.86. The first-order valence-corrected chi connectivity index (χ1v) is 8.07. The number of rotatable bonds is 6. The SMILES string of the molecule is CNC(=O)C1CN(C)CCN(Cc2cccc(OCCO)c2)C1. The lowest BCUT2D eigenvalue weighted by molar-refractivity contribution is -0.125. The third-order valence-corrected chi connectivity index (χ3v) is 4.09. The lowest BCUT2D eigenvalue weighted by Crippen LogP contribution is -2.39. The van der Waals surface area contributed by atoms with E-state index in [1.54, 1.807) is 7.05 Å². The smallest absolute Gasteiger partial charge is 0.225 e. The van der Waals surface area contributed by atoms with Crippen LogP contribution in [-0.4, -0.2) is 74.3 Å². The van der Waals surface area contributed by atoms with E-state index in [1.807, 2.05) is 18.2 Å². The van der Waals surface area contributed by atoms with E-state index < -0.39 is 0 Å². The van der Waals surface area contributed by atoms with E-state index in [-0.39, 0.29) is 18.4 Å². The summed E-state index contributed by atoms with van der Waals surface area (Å²) < 4.78 is 5.46. The molecule has 1 aliphatic rings. The molecule has 1 aromatic carbocycles. The molecule has 6 nitrogen and oxygen atoms in total. The van der Waals surface area contributed by atoms with Crippen molar-refractivity contribution in [1.82, 2.24) is 15.1 Å². The number of carbonyl (C=O) groups excluding carboxylic acids is 1. The van der Waals surface area contributed by atoms with Crippen LogP contribution in [0.1, 0.15) is 5.56 Å². The van der Waals surface area contributed by atoms with Gasteiger partial charge in [0, 0.05) is 39.8 Å². The Balaban J connectivity index is 2.01. The van der Waals surface area contributed by atoms with Gasteiger partial charge < -0.3 is 20.1 Å². The molecule has 0 aromatic heterocycles. The summed E-state index contributed by atoms with van der Waals surface area (Å²) >= 11 is 0. The first-order chi connectivity index (χ1) is 11.1. The largest absolute Gasteiger partial charge is 0.491 e. The monoisotopic (exact) mass is 321 g/mol. The first-order valence-electron chi connectivity index (χ1n) is 8.07. The molecule has 1 aromatic rings. The maximum Gasteiger partial charge on any atom is 0.225 e. The fraction of sp³-hybridized carbons (Fsp3) is 0.588. The highest BCUT2D eigenvalue weighted by Crippen LogP contribution is 2.17. The molecule has 1 unspecified atom stereocenters. The standard InChI is InChI=1S/C17H27N3O3/c1-18-17(22)15-12-19(2)6-7-20(13-15)11-14-4-3-5-16(10-14)23-9-8-21/h3-5,10,15,21H,6-9,11-13H2,1-2H3,(H,18,22). The molecule has 128 valence electrons. The van der Waals surface area contributed by atoms with Crippen LogP contribution in [0.3, 0.4) is 0 Å². The fourth-order valence-corrected chi connectivity index (χ4v) is 2.91. The molecular weight excluding hydrogens is 294 g/mol. The van der Waals surface area contributed by atoms with Gasteiger partial charge in [-0.05, 0) is 24.7 Å². The Morgan fingerprint density at radius 2 is 2.22 bits per heavy atom. The van der Waals surface area contributed by atoms with Crippen LogP contribution in [0.4, 0.5) is 0 Å². The normalized spacial score (nSPS) is 20.0. The summed E-state index contributed by atoms with van der Waals surface area (Å²) in [5.41, 5.74) is 1.15. The lowest BCUT2D eigenvalue weighted by atomic mass is 10.1. The zero-order valence-corrected chi connectivity index (χ0v) is 14.0. The third-order valence-electron chi connectivity index (χ3n) is 4.09. The van der Waals surface area contributed by atoms with Crippen LogP contribution in [0.15, 0.2) is 24.3 Å². The van der Waals surface area contributed by atoms with Gasteiger partial charge in [-0.1, -0.05) is 12.1 Å². The summed E-state index contributed by atoms with van der Waals surface area (Å²) in [4.78, 5) is 16.6.